The lowest BCUT2D eigenvalue weighted by Crippen LogP contribution is -2.19. The Balaban J connectivity index is 1.63. The molecule has 1 aromatic carbocycles. The Morgan fingerprint density at radius 1 is 1.11 bits per heavy atom. The highest BCUT2D eigenvalue weighted by molar-refractivity contribution is 6.31. The van der Waals surface area contributed by atoms with Gasteiger partial charge in [0.05, 0.1) is 0 Å². The third kappa shape index (κ3) is 1.83. The molecular weight excluding hydrogens is 262 g/mol. The summed E-state index contributed by atoms with van der Waals surface area (Å²) in [7, 11) is 0. The van der Waals surface area contributed by atoms with Crippen LogP contribution in [0.1, 0.15) is 30.9 Å². The van der Waals surface area contributed by atoms with Crippen molar-refractivity contribution in [3.05, 3.63) is 22.7 Å². The van der Waals surface area contributed by atoms with Gasteiger partial charge in [-0.2, -0.15) is 0 Å². The van der Waals surface area contributed by atoms with Gasteiger partial charge in [-0.3, -0.25) is 0 Å². The average Bonchev–Trinajstić information content (AvgIpc) is 2.90. The summed E-state index contributed by atoms with van der Waals surface area (Å²) >= 11 is 6.37. The molecule has 4 rings (SSSR count). The van der Waals surface area contributed by atoms with Crippen LogP contribution in [0.15, 0.2) is 12.1 Å². The maximum Gasteiger partial charge on any atom is 0.162 e. The van der Waals surface area contributed by atoms with E-state index in [1.165, 1.54) is 19.3 Å². The number of rotatable bonds is 2. The molecule has 1 heterocycles. The predicted molar refractivity (Wildman–Crippen MR) is 73.7 cm³/mol. The largest absolute Gasteiger partial charge is 0.486 e. The van der Waals surface area contributed by atoms with Gasteiger partial charge < -0.3 is 15.2 Å². The monoisotopic (exact) mass is 279 g/mol. The van der Waals surface area contributed by atoms with Gasteiger partial charge in [-0.25, -0.2) is 0 Å². The van der Waals surface area contributed by atoms with Gasteiger partial charge in [-0.1, -0.05) is 18.0 Å². The molecule has 0 saturated heterocycles. The SMILES string of the molecule is NC(c1cc2c(cc1Cl)OCCO2)C1C2CCCC21. The molecule has 2 N–H and O–H groups in total. The quantitative estimate of drug-likeness (QED) is 0.904. The molecular formula is C15H18ClNO2. The van der Waals surface area contributed by atoms with Crippen LogP contribution in [0.4, 0.5) is 0 Å². The van der Waals surface area contributed by atoms with Crippen LogP contribution in [0.5, 0.6) is 11.5 Å². The van der Waals surface area contributed by atoms with Crippen molar-refractivity contribution in [2.75, 3.05) is 13.2 Å². The number of hydrogen-bond acceptors (Lipinski definition) is 3. The van der Waals surface area contributed by atoms with Crippen molar-refractivity contribution in [1.29, 1.82) is 0 Å². The van der Waals surface area contributed by atoms with Crippen molar-refractivity contribution < 1.29 is 9.47 Å². The van der Waals surface area contributed by atoms with E-state index in [0.29, 0.717) is 24.2 Å². The second-order valence-electron chi connectivity index (χ2n) is 5.88. The zero-order valence-corrected chi connectivity index (χ0v) is 11.5. The Bertz CT molecular complexity index is 509. The Hall–Kier alpha value is -0.930. The molecule has 1 aromatic rings. The molecule has 19 heavy (non-hydrogen) atoms. The molecule has 102 valence electrons. The Labute approximate surface area is 118 Å². The molecule has 4 heteroatoms. The van der Waals surface area contributed by atoms with Crippen molar-refractivity contribution in [3.63, 3.8) is 0 Å². The predicted octanol–water partition coefficient (Wildman–Crippen LogP) is 3.16. The Kier molecular flexibility index (Phi) is 2.68. The van der Waals surface area contributed by atoms with Crippen LogP contribution in [-0.2, 0) is 0 Å². The maximum absolute atomic E-state index is 6.44. The number of ether oxygens (including phenoxy) is 2. The zero-order chi connectivity index (χ0) is 13.0. The normalized spacial score (nSPS) is 32.8. The van der Waals surface area contributed by atoms with E-state index < -0.39 is 0 Å². The smallest absolute Gasteiger partial charge is 0.162 e. The highest BCUT2D eigenvalue weighted by atomic mass is 35.5. The average molecular weight is 280 g/mol. The summed E-state index contributed by atoms with van der Waals surface area (Å²) in [4.78, 5) is 0. The van der Waals surface area contributed by atoms with Crippen LogP contribution in [-0.4, -0.2) is 13.2 Å². The second-order valence-corrected chi connectivity index (χ2v) is 6.29. The summed E-state index contributed by atoms with van der Waals surface area (Å²) in [5.41, 5.74) is 7.46. The molecule has 0 aromatic heterocycles. The highest BCUT2D eigenvalue weighted by Crippen LogP contribution is 2.62. The van der Waals surface area contributed by atoms with Crippen molar-refractivity contribution in [1.82, 2.24) is 0 Å². The van der Waals surface area contributed by atoms with E-state index in [1.807, 2.05) is 12.1 Å². The van der Waals surface area contributed by atoms with Crippen molar-refractivity contribution in [3.8, 4) is 11.5 Å². The molecule has 2 saturated carbocycles. The first-order valence-corrected chi connectivity index (χ1v) is 7.48. The van der Waals surface area contributed by atoms with Crippen LogP contribution in [0, 0.1) is 17.8 Å². The number of benzene rings is 1. The molecule has 2 aliphatic carbocycles. The van der Waals surface area contributed by atoms with E-state index in [4.69, 9.17) is 26.8 Å². The zero-order valence-electron chi connectivity index (χ0n) is 10.8. The minimum Gasteiger partial charge on any atom is -0.486 e. The van der Waals surface area contributed by atoms with E-state index in [2.05, 4.69) is 0 Å². The third-order valence-corrected chi connectivity index (χ3v) is 5.24. The van der Waals surface area contributed by atoms with Crippen molar-refractivity contribution in [2.24, 2.45) is 23.5 Å². The van der Waals surface area contributed by atoms with Gasteiger partial charge in [0.2, 0.25) is 0 Å². The topological polar surface area (TPSA) is 44.5 Å². The minimum absolute atomic E-state index is 0.0404. The Morgan fingerprint density at radius 3 is 2.42 bits per heavy atom. The van der Waals surface area contributed by atoms with Crippen molar-refractivity contribution in [2.45, 2.75) is 25.3 Å². The number of hydrogen-bond donors (Lipinski definition) is 1. The molecule has 0 radical (unpaired) electrons. The third-order valence-electron chi connectivity index (χ3n) is 4.91. The fourth-order valence-electron chi connectivity index (χ4n) is 3.95. The number of fused-ring (bicyclic) bond motifs is 2. The van der Waals surface area contributed by atoms with Gasteiger partial charge in [0.15, 0.2) is 11.5 Å². The van der Waals surface area contributed by atoms with E-state index in [-0.39, 0.29) is 6.04 Å². The van der Waals surface area contributed by atoms with Crippen LogP contribution in [0.3, 0.4) is 0 Å². The first-order valence-electron chi connectivity index (χ1n) is 7.10. The molecule has 0 amide bonds. The number of nitrogens with two attached hydrogens (primary N) is 1. The van der Waals surface area contributed by atoms with Crippen LogP contribution >= 0.6 is 11.6 Å². The van der Waals surface area contributed by atoms with Crippen LogP contribution < -0.4 is 15.2 Å². The summed E-state index contributed by atoms with van der Waals surface area (Å²) in [6, 6.07) is 3.87. The fourth-order valence-corrected chi connectivity index (χ4v) is 4.23. The van der Waals surface area contributed by atoms with Crippen LogP contribution in [0.25, 0.3) is 0 Å². The number of halogens is 1. The van der Waals surface area contributed by atoms with Gasteiger partial charge in [0, 0.05) is 17.1 Å². The molecule has 2 fully saturated rings. The molecule has 3 unspecified atom stereocenters. The molecule has 0 bridgehead atoms. The van der Waals surface area contributed by atoms with E-state index in [0.717, 1.165) is 28.9 Å². The van der Waals surface area contributed by atoms with Gasteiger partial charge in [0.1, 0.15) is 13.2 Å². The van der Waals surface area contributed by atoms with Gasteiger partial charge in [0.25, 0.3) is 0 Å². The van der Waals surface area contributed by atoms with E-state index >= 15 is 0 Å². The lowest BCUT2D eigenvalue weighted by atomic mass is 9.97. The fraction of sp³-hybridized carbons (Fsp3) is 0.600. The minimum atomic E-state index is 0.0404. The Morgan fingerprint density at radius 2 is 1.74 bits per heavy atom. The van der Waals surface area contributed by atoms with Gasteiger partial charge in [-0.15, -0.1) is 0 Å². The van der Waals surface area contributed by atoms with Gasteiger partial charge >= 0.3 is 0 Å². The first kappa shape index (κ1) is 11.9. The summed E-state index contributed by atoms with van der Waals surface area (Å²) < 4.78 is 11.2. The summed E-state index contributed by atoms with van der Waals surface area (Å²) in [5.74, 6) is 3.81. The lowest BCUT2D eigenvalue weighted by Gasteiger charge is -2.22. The van der Waals surface area contributed by atoms with Crippen molar-refractivity contribution >= 4 is 11.6 Å². The van der Waals surface area contributed by atoms with Gasteiger partial charge in [-0.05, 0) is 42.2 Å². The van der Waals surface area contributed by atoms with E-state index in [1.54, 1.807) is 0 Å². The summed E-state index contributed by atoms with van der Waals surface area (Å²) in [6.07, 6.45) is 4.05. The molecule has 3 aliphatic rings. The first-order chi connectivity index (χ1) is 9.25. The molecule has 0 spiro atoms. The summed E-state index contributed by atoms with van der Waals surface area (Å²) in [5, 5.41) is 0.710. The highest BCUT2D eigenvalue weighted by Gasteiger charge is 2.55. The van der Waals surface area contributed by atoms with E-state index in [9.17, 15) is 0 Å². The second kappa shape index (κ2) is 4.29. The summed E-state index contributed by atoms with van der Waals surface area (Å²) in [6.45, 7) is 1.18. The van der Waals surface area contributed by atoms with Crippen LogP contribution in [0.2, 0.25) is 5.02 Å². The molecule has 1 aliphatic heterocycles. The molecule has 3 atom stereocenters. The maximum atomic E-state index is 6.44. The lowest BCUT2D eigenvalue weighted by molar-refractivity contribution is 0.171. The molecule has 3 nitrogen and oxygen atoms in total. The standard InChI is InChI=1S/C15H18ClNO2/c16-11-7-13-12(18-4-5-19-13)6-10(11)15(17)14-8-2-1-3-9(8)14/h6-9,14-15H,1-5,17H2.